The van der Waals surface area contributed by atoms with Crippen molar-refractivity contribution in [2.75, 3.05) is 4.90 Å². The molecule has 5 aromatic carbocycles. The maximum absolute atomic E-state index is 6.48. The zero-order chi connectivity index (χ0) is 25.8. The summed E-state index contributed by atoms with van der Waals surface area (Å²) in [5, 5.41) is 2.20. The maximum Gasteiger partial charge on any atom is 0.307 e. The Bertz CT molecular complexity index is 2030. The molecule has 7 aromatic rings. The van der Waals surface area contributed by atoms with Crippen molar-refractivity contribution in [3.63, 3.8) is 0 Å². The van der Waals surface area contributed by atoms with Gasteiger partial charge in [0.2, 0.25) is 0 Å². The van der Waals surface area contributed by atoms with Crippen LogP contribution in [-0.2, 0) is 6.42 Å². The first-order chi connectivity index (χ1) is 19.3. The van der Waals surface area contributed by atoms with Crippen LogP contribution in [0.2, 0.25) is 0 Å². The zero-order valence-electron chi connectivity index (χ0n) is 21.2. The van der Waals surface area contributed by atoms with Crippen LogP contribution in [0.15, 0.2) is 124 Å². The number of fused-ring (bicyclic) bond motifs is 6. The number of hydrogen-bond donors (Lipinski definition) is 0. The first-order valence-corrected chi connectivity index (χ1v) is 13.3. The van der Waals surface area contributed by atoms with Gasteiger partial charge < -0.3 is 8.83 Å². The minimum atomic E-state index is 0.536. The molecule has 0 radical (unpaired) electrons. The molecule has 0 saturated heterocycles. The Morgan fingerprint density at radius 1 is 0.615 bits per heavy atom. The van der Waals surface area contributed by atoms with E-state index in [1.54, 1.807) is 0 Å². The lowest BCUT2D eigenvalue weighted by molar-refractivity contribution is 0.608. The van der Waals surface area contributed by atoms with E-state index in [1.807, 2.05) is 30.3 Å². The molecule has 186 valence electrons. The summed E-state index contributed by atoms with van der Waals surface area (Å²) in [7, 11) is 0. The van der Waals surface area contributed by atoms with Gasteiger partial charge >= 0.3 is 6.01 Å². The van der Waals surface area contributed by atoms with Crippen molar-refractivity contribution in [3.05, 3.63) is 126 Å². The minimum absolute atomic E-state index is 0.536. The number of hydrogen-bond acceptors (Lipinski definition) is 4. The van der Waals surface area contributed by atoms with E-state index in [2.05, 4.69) is 95.9 Å². The zero-order valence-corrected chi connectivity index (χ0v) is 21.2. The van der Waals surface area contributed by atoms with E-state index in [1.165, 1.54) is 11.1 Å². The molecule has 2 aromatic heterocycles. The Kier molecular flexibility index (Phi) is 4.92. The Morgan fingerprint density at radius 2 is 1.44 bits per heavy atom. The van der Waals surface area contributed by atoms with Gasteiger partial charge in [-0.1, -0.05) is 78.9 Å². The first-order valence-electron chi connectivity index (χ1n) is 13.3. The number of allylic oxidation sites excluding steroid dienone is 1. The smallest absolute Gasteiger partial charge is 0.307 e. The van der Waals surface area contributed by atoms with Crippen molar-refractivity contribution in [2.24, 2.45) is 0 Å². The second-order valence-corrected chi connectivity index (χ2v) is 9.95. The highest BCUT2D eigenvalue weighted by atomic mass is 16.4. The average molecular weight is 505 g/mol. The van der Waals surface area contributed by atoms with Crippen molar-refractivity contribution in [3.8, 4) is 11.1 Å². The van der Waals surface area contributed by atoms with Crippen molar-refractivity contribution >= 4 is 56.5 Å². The number of aryl methyl sites for hydroxylation is 1. The molecule has 0 amide bonds. The molecule has 0 atom stereocenters. The van der Waals surface area contributed by atoms with Gasteiger partial charge in [0.15, 0.2) is 5.58 Å². The normalized spacial score (nSPS) is 12.8. The molecule has 0 N–H and O–H groups in total. The number of aromatic nitrogens is 1. The summed E-state index contributed by atoms with van der Waals surface area (Å²) in [6.07, 6.45) is 6.38. The van der Waals surface area contributed by atoms with Crippen LogP contribution in [0, 0.1) is 0 Å². The molecule has 2 heterocycles. The van der Waals surface area contributed by atoms with Gasteiger partial charge in [-0.25, -0.2) is 0 Å². The second kappa shape index (κ2) is 8.74. The van der Waals surface area contributed by atoms with Crippen LogP contribution in [-0.4, -0.2) is 4.98 Å². The van der Waals surface area contributed by atoms with Gasteiger partial charge in [0.25, 0.3) is 0 Å². The predicted molar refractivity (Wildman–Crippen MR) is 159 cm³/mol. The average Bonchev–Trinajstić information content (AvgIpc) is 3.59. The molecule has 0 aliphatic heterocycles. The highest BCUT2D eigenvalue weighted by Crippen LogP contribution is 2.41. The summed E-state index contributed by atoms with van der Waals surface area (Å²) >= 11 is 0. The predicted octanol–water partition coefficient (Wildman–Crippen LogP) is 9.82. The third-order valence-corrected chi connectivity index (χ3v) is 7.57. The molecule has 4 heteroatoms. The number of oxazole rings is 1. The molecule has 1 aliphatic rings. The van der Waals surface area contributed by atoms with Crippen LogP contribution in [0.4, 0.5) is 17.4 Å². The largest absolute Gasteiger partial charge is 0.456 e. The molecule has 0 saturated carbocycles. The highest BCUT2D eigenvalue weighted by Gasteiger charge is 2.23. The lowest BCUT2D eigenvalue weighted by atomic mass is 9.96. The van der Waals surface area contributed by atoms with Gasteiger partial charge in [-0.2, -0.15) is 4.98 Å². The third kappa shape index (κ3) is 3.64. The van der Waals surface area contributed by atoms with Crippen LogP contribution in [0.3, 0.4) is 0 Å². The first kappa shape index (κ1) is 21.9. The molecule has 0 fully saturated rings. The minimum Gasteiger partial charge on any atom is -0.456 e. The van der Waals surface area contributed by atoms with Crippen molar-refractivity contribution in [2.45, 2.75) is 12.8 Å². The van der Waals surface area contributed by atoms with E-state index >= 15 is 0 Å². The number of furan rings is 1. The Morgan fingerprint density at radius 3 is 2.38 bits per heavy atom. The van der Waals surface area contributed by atoms with E-state index in [9.17, 15) is 0 Å². The van der Waals surface area contributed by atoms with Gasteiger partial charge in [-0.15, -0.1) is 0 Å². The number of benzene rings is 5. The number of anilines is 3. The fraction of sp³-hybridized carbons (Fsp3) is 0.0571. The molecule has 0 spiro atoms. The molecule has 8 rings (SSSR count). The molecule has 0 unspecified atom stereocenters. The van der Waals surface area contributed by atoms with Crippen molar-refractivity contribution in [1.82, 2.24) is 4.98 Å². The standard InChI is InChI=1S/C35H24N2O2/c1-2-9-23(10-3-1)25-12-8-13-26(21-25)37(27-18-19-30-29-15-6-7-16-31(29)38-33(30)22-27)35-36-34-28-14-5-4-11-24(28)17-20-32(34)39-35/h1-4,6-13,15-22H,5,14H2. The summed E-state index contributed by atoms with van der Waals surface area (Å²) in [5.41, 5.74) is 10.1. The van der Waals surface area contributed by atoms with Gasteiger partial charge in [0, 0.05) is 16.8 Å². The van der Waals surface area contributed by atoms with Crippen LogP contribution in [0.25, 0.3) is 50.2 Å². The maximum atomic E-state index is 6.48. The van der Waals surface area contributed by atoms with Crippen LogP contribution >= 0.6 is 0 Å². The second-order valence-electron chi connectivity index (χ2n) is 9.95. The lowest BCUT2D eigenvalue weighted by Crippen LogP contribution is -2.10. The van der Waals surface area contributed by atoms with E-state index in [0.29, 0.717) is 6.01 Å². The van der Waals surface area contributed by atoms with Crippen LogP contribution in [0.1, 0.15) is 17.5 Å². The highest BCUT2D eigenvalue weighted by molar-refractivity contribution is 6.06. The van der Waals surface area contributed by atoms with E-state index in [4.69, 9.17) is 13.8 Å². The van der Waals surface area contributed by atoms with Crippen LogP contribution in [0.5, 0.6) is 0 Å². The van der Waals surface area contributed by atoms with Gasteiger partial charge in [0.05, 0.1) is 11.4 Å². The summed E-state index contributed by atoms with van der Waals surface area (Å²) in [6.45, 7) is 0. The summed E-state index contributed by atoms with van der Waals surface area (Å²) in [6, 6.07) is 38.1. The summed E-state index contributed by atoms with van der Waals surface area (Å²) in [5.74, 6) is 0. The van der Waals surface area contributed by atoms with E-state index in [-0.39, 0.29) is 0 Å². The van der Waals surface area contributed by atoms with E-state index < -0.39 is 0 Å². The monoisotopic (exact) mass is 504 g/mol. The molecule has 0 bridgehead atoms. The molecular formula is C35H24N2O2. The van der Waals surface area contributed by atoms with Crippen molar-refractivity contribution in [1.29, 1.82) is 0 Å². The van der Waals surface area contributed by atoms with Crippen molar-refractivity contribution < 1.29 is 8.83 Å². The Balaban J connectivity index is 1.34. The fourth-order valence-corrected chi connectivity index (χ4v) is 5.68. The number of rotatable bonds is 4. The molecule has 1 aliphatic carbocycles. The summed E-state index contributed by atoms with van der Waals surface area (Å²) in [4.78, 5) is 7.19. The topological polar surface area (TPSA) is 42.4 Å². The lowest BCUT2D eigenvalue weighted by Gasteiger charge is -2.21. The third-order valence-electron chi connectivity index (χ3n) is 7.57. The van der Waals surface area contributed by atoms with E-state index in [0.717, 1.165) is 68.4 Å². The number of nitrogens with zero attached hydrogens (tertiary/aromatic N) is 2. The molecular weight excluding hydrogens is 480 g/mol. The SMILES string of the molecule is C1=Cc2ccc3oc(N(c4cccc(-c5ccccc5)c4)c4ccc5c(c4)oc4ccccc45)nc3c2CC1. The Hall–Kier alpha value is -5.09. The molecule has 39 heavy (non-hydrogen) atoms. The van der Waals surface area contributed by atoms with Gasteiger partial charge in [-0.3, -0.25) is 4.90 Å². The number of para-hydroxylation sites is 1. The van der Waals surface area contributed by atoms with Gasteiger partial charge in [0.1, 0.15) is 16.7 Å². The summed E-state index contributed by atoms with van der Waals surface area (Å²) < 4.78 is 12.7. The Labute approximate surface area is 225 Å². The molecule has 4 nitrogen and oxygen atoms in total. The van der Waals surface area contributed by atoms with Gasteiger partial charge in [-0.05, 0) is 71.5 Å². The van der Waals surface area contributed by atoms with Crippen LogP contribution < -0.4 is 4.90 Å². The quantitative estimate of drug-likeness (QED) is 0.239. The fourth-order valence-electron chi connectivity index (χ4n) is 5.68.